The first-order valence-corrected chi connectivity index (χ1v) is 10.00. The molecule has 2 unspecified atom stereocenters. The number of hydrogen-bond donors (Lipinski definition) is 4. The lowest BCUT2D eigenvalue weighted by molar-refractivity contribution is 0.0929. The van der Waals surface area contributed by atoms with Gasteiger partial charge in [0.05, 0.1) is 19.3 Å². The number of aromatic nitrogens is 2. The summed E-state index contributed by atoms with van der Waals surface area (Å²) in [6.45, 7) is 1.73. The summed E-state index contributed by atoms with van der Waals surface area (Å²) < 4.78 is 28.3. The number of amides is 1. The molecule has 9 heteroatoms. The van der Waals surface area contributed by atoms with Gasteiger partial charge < -0.3 is 10.1 Å². The van der Waals surface area contributed by atoms with Crippen LogP contribution in [-0.2, 0) is 11.3 Å². The molecule has 29 heavy (non-hydrogen) atoms. The minimum atomic E-state index is -2.20. The molecule has 3 atom stereocenters. The van der Waals surface area contributed by atoms with Crippen LogP contribution < -0.4 is 14.8 Å². The summed E-state index contributed by atoms with van der Waals surface area (Å²) in [5.41, 5.74) is 2.88. The van der Waals surface area contributed by atoms with Crippen LogP contribution in [0.4, 0.5) is 0 Å². The Morgan fingerprint density at radius 3 is 2.62 bits per heavy atom. The van der Waals surface area contributed by atoms with E-state index in [0.717, 1.165) is 16.7 Å². The van der Waals surface area contributed by atoms with Gasteiger partial charge in [-0.2, -0.15) is 5.10 Å². The Balaban J connectivity index is 1.86. The molecular formula is C20H22N4O4S. The molecule has 152 valence electrons. The van der Waals surface area contributed by atoms with Gasteiger partial charge >= 0.3 is 0 Å². The average Bonchev–Trinajstić information content (AvgIpc) is 3.26. The van der Waals surface area contributed by atoms with Crippen LogP contribution in [0.3, 0.4) is 0 Å². The van der Waals surface area contributed by atoms with Gasteiger partial charge in [-0.25, -0.2) is 8.93 Å². The van der Waals surface area contributed by atoms with Gasteiger partial charge in [-0.15, -0.1) is 0 Å². The molecule has 0 spiro atoms. The molecule has 3 rings (SSSR count). The maximum atomic E-state index is 12.9. The van der Waals surface area contributed by atoms with E-state index < -0.39 is 23.4 Å². The third-order valence-electron chi connectivity index (χ3n) is 4.50. The molecule has 0 bridgehead atoms. The maximum Gasteiger partial charge on any atom is 0.251 e. The summed E-state index contributed by atoms with van der Waals surface area (Å²) in [4.78, 5) is 12.9. The van der Waals surface area contributed by atoms with Crippen LogP contribution in [0.1, 0.15) is 28.9 Å². The van der Waals surface area contributed by atoms with Gasteiger partial charge in [0.15, 0.2) is 0 Å². The smallest absolute Gasteiger partial charge is 0.251 e. The third kappa shape index (κ3) is 5.08. The van der Waals surface area contributed by atoms with Crippen LogP contribution in [0.2, 0.25) is 0 Å². The first kappa shape index (κ1) is 20.7. The van der Waals surface area contributed by atoms with E-state index in [0.29, 0.717) is 11.3 Å². The number of H-pyrrole nitrogens is 1. The van der Waals surface area contributed by atoms with Crippen LogP contribution in [-0.4, -0.2) is 38.0 Å². The number of methoxy groups -OCH3 is 1. The molecule has 4 N–H and O–H groups in total. The summed E-state index contributed by atoms with van der Waals surface area (Å²) >= 11 is -2.20. The van der Waals surface area contributed by atoms with E-state index in [4.69, 9.17) is 4.74 Å². The fraction of sp³-hybridized carbons (Fsp3) is 0.200. The molecule has 1 amide bonds. The van der Waals surface area contributed by atoms with Crippen molar-refractivity contribution >= 4 is 17.2 Å². The molecule has 1 aromatic heterocycles. The Morgan fingerprint density at radius 1 is 1.24 bits per heavy atom. The van der Waals surface area contributed by atoms with E-state index in [1.807, 2.05) is 30.3 Å². The van der Waals surface area contributed by atoms with Crippen molar-refractivity contribution in [2.24, 2.45) is 0 Å². The third-order valence-corrected chi connectivity index (χ3v) is 5.08. The molecule has 0 saturated heterocycles. The number of carbonyl (C=O) groups is 1. The fourth-order valence-corrected chi connectivity index (χ4v) is 3.53. The molecule has 0 aliphatic heterocycles. The lowest BCUT2D eigenvalue weighted by atomic mass is 10.00. The maximum absolute atomic E-state index is 12.9. The number of aromatic amines is 1. The molecule has 0 saturated carbocycles. The van der Waals surface area contributed by atoms with Crippen LogP contribution in [0.25, 0.3) is 11.1 Å². The van der Waals surface area contributed by atoms with Gasteiger partial charge in [0.1, 0.15) is 5.75 Å². The van der Waals surface area contributed by atoms with Crippen LogP contribution in [0.5, 0.6) is 5.75 Å². The number of nitrogens with zero attached hydrogens (tertiary/aromatic N) is 1. The highest BCUT2D eigenvalue weighted by molar-refractivity contribution is 7.77. The summed E-state index contributed by atoms with van der Waals surface area (Å²) in [6.07, 6.45) is 3.41. The van der Waals surface area contributed by atoms with Crippen LogP contribution in [0, 0.1) is 0 Å². The Labute approximate surface area is 171 Å². The number of rotatable bonds is 8. The van der Waals surface area contributed by atoms with Gasteiger partial charge in [-0.3, -0.25) is 14.4 Å². The van der Waals surface area contributed by atoms with E-state index in [9.17, 15) is 13.6 Å². The van der Waals surface area contributed by atoms with Crippen LogP contribution in [0.15, 0.2) is 60.9 Å². The van der Waals surface area contributed by atoms with Crippen molar-refractivity contribution in [3.8, 4) is 16.9 Å². The van der Waals surface area contributed by atoms with Crippen molar-refractivity contribution in [2.75, 3.05) is 7.11 Å². The normalized spacial score (nSPS) is 14.0. The van der Waals surface area contributed by atoms with Gasteiger partial charge in [0.2, 0.25) is 11.3 Å². The fourth-order valence-electron chi connectivity index (χ4n) is 3.08. The van der Waals surface area contributed by atoms with Gasteiger partial charge in [0, 0.05) is 28.9 Å². The van der Waals surface area contributed by atoms with Gasteiger partial charge in [-0.05, 0) is 30.7 Å². The lowest BCUT2D eigenvalue weighted by Crippen LogP contribution is -2.42. The monoisotopic (exact) mass is 414 g/mol. The Bertz CT molecular complexity index is 979. The predicted octanol–water partition coefficient (Wildman–Crippen LogP) is 2.67. The number of nitrogens with one attached hydrogen (secondary N) is 3. The number of hydrogen-bond acceptors (Lipinski definition) is 4. The predicted molar refractivity (Wildman–Crippen MR) is 111 cm³/mol. The molecule has 0 aliphatic rings. The number of benzene rings is 2. The minimum absolute atomic E-state index is 0.326. The van der Waals surface area contributed by atoms with Crippen molar-refractivity contribution in [1.29, 1.82) is 0 Å². The first-order chi connectivity index (χ1) is 14.0. The van der Waals surface area contributed by atoms with Crippen molar-refractivity contribution in [1.82, 2.24) is 20.2 Å². The van der Waals surface area contributed by atoms with E-state index >= 15 is 0 Å². The highest BCUT2D eigenvalue weighted by Gasteiger charge is 2.23. The molecule has 0 radical (unpaired) electrons. The Hall–Kier alpha value is -3.01. The topological polar surface area (TPSA) is 116 Å². The quantitative estimate of drug-likeness (QED) is 0.423. The zero-order valence-corrected chi connectivity index (χ0v) is 16.8. The van der Waals surface area contributed by atoms with Crippen molar-refractivity contribution in [2.45, 2.75) is 19.0 Å². The summed E-state index contributed by atoms with van der Waals surface area (Å²) in [5.74, 6) is 0.214. The first-order valence-electron chi connectivity index (χ1n) is 8.89. The molecule has 1 heterocycles. The summed E-state index contributed by atoms with van der Waals surface area (Å²) in [7, 11) is 1.54. The molecule has 0 fully saturated rings. The van der Waals surface area contributed by atoms with E-state index in [-0.39, 0.29) is 5.91 Å². The minimum Gasteiger partial charge on any atom is -0.496 e. The second kappa shape index (κ2) is 9.46. The molecule has 2 aromatic carbocycles. The second-order valence-electron chi connectivity index (χ2n) is 6.42. The number of carbonyl (C=O) groups excluding carboxylic acids is 1. The van der Waals surface area contributed by atoms with Crippen molar-refractivity contribution < 1.29 is 18.3 Å². The lowest BCUT2D eigenvalue weighted by Gasteiger charge is -2.25. The Morgan fingerprint density at radius 2 is 2.00 bits per heavy atom. The zero-order chi connectivity index (χ0) is 20.8. The van der Waals surface area contributed by atoms with Gasteiger partial charge in [0.25, 0.3) is 5.91 Å². The van der Waals surface area contributed by atoms with E-state index in [1.165, 1.54) is 7.11 Å². The summed E-state index contributed by atoms with van der Waals surface area (Å²) in [6, 6.07) is 13.4. The standard InChI is InChI=1S/C20H22N4O4S/c1-13(24-29(26)27)19(14-6-4-3-5-7-14)23-20(25)15-8-9-17(18(10-15)28-2)16-11-21-22-12-16/h3-13,19,24H,1-2H3,(H,21,22)(H,23,25)(H,26,27)/t13?,19-/m1/s1. The molecule has 8 nitrogen and oxygen atoms in total. The highest BCUT2D eigenvalue weighted by atomic mass is 32.2. The van der Waals surface area contributed by atoms with E-state index in [2.05, 4.69) is 20.2 Å². The SMILES string of the molecule is COc1cc(C(=O)N[C@@H](c2ccccc2)C(C)NS(=O)O)ccc1-c1cn[nH]c1. The molecular weight excluding hydrogens is 392 g/mol. The van der Waals surface area contributed by atoms with Crippen molar-refractivity contribution in [3.63, 3.8) is 0 Å². The number of ether oxygens (including phenoxy) is 1. The van der Waals surface area contributed by atoms with Gasteiger partial charge in [-0.1, -0.05) is 30.3 Å². The molecule has 3 aromatic rings. The second-order valence-corrected chi connectivity index (χ2v) is 7.15. The van der Waals surface area contributed by atoms with Crippen LogP contribution >= 0.6 is 0 Å². The highest BCUT2D eigenvalue weighted by Crippen LogP contribution is 2.30. The Kier molecular flexibility index (Phi) is 6.76. The largest absolute Gasteiger partial charge is 0.496 e. The average molecular weight is 414 g/mol. The van der Waals surface area contributed by atoms with E-state index in [1.54, 1.807) is 37.5 Å². The zero-order valence-electron chi connectivity index (χ0n) is 16.0. The van der Waals surface area contributed by atoms with Crippen molar-refractivity contribution in [3.05, 3.63) is 72.1 Å². The molecule has 0 aliphatic carbocycles. The summed E-state index contributed by atoms with van der Waals surface area (Å²) in [5, 5.41) is 9.63.